The van der Waals surface area contributed by atoms with Crippen LogP contribution in [0.2, 0.25) is 0 Å². The van der Waals surface area contributed by atoms with Gasteiger partial charge in [0.25, 0.3) is 0 Å². The second-order valence-corrected chi connectivity index (χ2v) is 12.2. The minimum atomic E-state index is -0.0926. The minimum Gasteiger partial charge on any atom is -0.305 e. The number of aryl methyl sites for hydroxylation is 3. The lowest BCUT2D eigenvalue weighted by atomic mass is 10.1. The number of amidine groups is 1. The van der Waals surface area contributed by atoms with Gasteiger partial charge >= 0.3 is 0 Å². The number of amides is 2. The molecule has 10 heteroatoms. The number of aliphatic imine (C=N–C) groups is 1. The van der Waals surface area contributed by atoms with Crippen molar-refractivity contribution in [3.8, 4) is 0 Å². The first-order chi connectivity index (χ1) is 18.3. The fourth-order valence-corrected chi connectivity index (χ4v) is 6.19. The first-order valence-electron chi connectivity index (χ1n) is 12.2. The Morgan fingerprint density at radius 2 is 1.63 bits per heavy atom. The molecule has 2 aromatic carbocycles. The number of anilines is 1. The molecule has 0 aliphatic rings. The van der Waals surface area contributed by atoms with E-state index in [0.717, 1.165) is 56.5 Å². The van der Waals surface area contributed by atoms with Crippen molar-refractivity contribution in [2.45, 2.75) is 39.5 Å². The average molecular weight is 568 g/mol. The molecule has 0 unspecified atom stereocenters. The summed E-state index contributed by atoms with van der Waals surface area (Å²) < 4.78 is 0. The van der Waals surface area contributed by atoms with Crippen LogP contribution in [-0.4, -0.2) is 45.7 Å². The maximum Gasteiger partial charge on any atom is 0.230 e. The van der Waals surface area contributed by atoms with Gasteiger partial charge in [-0.3, -0.25) is 14.6 Å². The third-order valence-corrected chi connectivity index (χ3v) is 8.14. The fraction of sp³-hybridized carbons (Fsp3) is 0.321. The molecular formula is C28H33N5O2S3. The summed E-state index contributed by atoms with van der Waals surface area (Å²) in [5.41, 5.74) is 4.22. The van der Waals surface area contributed by atoms with Gasteiger partial charge in [-0.1, -0.05) is 89.3 Å². The lowest BCUT2D eigenvalue weighted by Crippen LogP contribution is -2.29. The molecule has 3 rings (SSSR count). The van der Waals surface area contributed by atoms with E-state index in [9.17, 15) is 9.59 Å². The number of nitrogens with zero attached hydrogens (tertiary/aromatic N) is 3. The van der Waals surface area contributed by atoms with Crippen LogP contribution < -0.4 is 10.6 Å². The largest absolute Gasteiger partial charge is 0.305 e. The molecule has 38 heavy (non-hydrogen) atoms. The number of hydrogen-bond acceptors (Lipinski definition) is 8. The van der Waals surface area contributed by atoms with Gasteiger partial charge in [-0.25, -0.2) is 0 Å². The maximum absolute atomic E-state index is 12.4. The van der Waals surface area contributed by atoms with Crippen molar-refractivity contribution in [3.05, 3.63) is 87.3 Å². The molecule has 0 radical (unpaired) electrons. The summed E-state index contributed by atoms with van der Waals surface area (Å²) in [6.07, 6.45) is 2.22. The van der Waals surface area contributed by atoms with Crippen LogP contribution in [0.15, 0.2) is 65.0 Å². The molecule has 3 aromatic rings. The summed E-state index contributed by atoms with van der Waals surface area (Å²) in [4.78, 5) is 29.8. The Bertz CT molecular complexity index is 1290. The monoisotopic (exact) mass is 567 g/mol. The van der Waals surface area contributed by atoms with Gasteiger partial charge in [0.2, 0.25) is 16.9 Å². The second kappa shape index (κ2) is 15.5. The molecule has 0 bridgehead atoms. The number of carbonyl (C=O) groups is 2. The Labute approximate surface area is 237 Å². The Morgan fingerprint density at radius 1 is 0.974 bits per heavy atom. The van der Waals surface area contributed by atoms with E-state index in [0.29, 0.717) is 23.1 Å². The van der Waals surface area contributed by atoms with Crippen molar-refractivity contribution in [2.24, 2.45) is 4.99 Å². The van der Waals surface area contributed by atoms with Crippen molar-refractivity contribution < 1.29 is 9.59 Å². The molecule has 0 saturated carbocycles. The van der Waals surface area contributed by atoms with E-state index in [-0.39, 0.29) is 11.8 Å². The number of hydrogen-bond donors (Lipinski definition) is 2. The third-order valence-electron chi connectivity index (χ3n) is 5.28. The summed E-state index contributed by atoms with van der Waals surface area (Å²) in [7, 11) is 1.67. The Balaban J connectivity index is 1.30. The Hall–Kier alpha value is -2.95. The summed E-state index contributed by atoms with van der Waals surface area (Å²) in [5, 5.41) is 16.0. The molecule has 1 heterocycles. The zero-order valence-electron chi connectivity index (χ0n) is 22.0. The van der Waals surface area contributed by atoms with Gasteiger partial charge in [-0.05, 0) is 47.8 Å². The first kappa shape index (κ1) is 29.6. The van der Waals surface area contributed by atoms with Crippen molar-refractivity contribution in [3.63, 3.8) is 0 Å². The molecule has 0 saturated heterocycles. The van der Waals surface area contributed by atoms with Gasteiger partial charge in [-0.2, -0.15) is 11.8 Å². The quantitative estimate of drug-likeness (QED) is 0.168. The zero-order chi connectivity index (χ0) is 27.3. The molecule has 0 aliphatic carbocycles. The zero-order valence-corrected chi connectivity index (χ0v) is 24.4. The van der Waals surface area contributed by atoms with Crippen molar-refractivity contribution in [2.75, 3.05) is 23.9 Å². The number of allylic oxidation sites excluding steroid dienone is 1. The average Bonchev–Trinajstić information content (AvgIpc) is 3.30. The smallest absolute Gasteiger partial charge is 0.230 e. The van der Waals surface area contributed by atoms with E-state index in [1.165, 1.54) is 23.1 Å². The molecule has 7 nitrogen and oxygen atoms in total. The van der Waals surface area contributed by atoms with Gasteiger partial charge in [0.1, 0.15) is 5.01 Å². The second-order valence-electron chi connectivity index (χ2n) is 8.71. The van der Waals surface area contributed by atoms with E-state index >= 15 is 0 Å². The number of rotatable bonds is 12. The van der Waals surface area contributed by atoms with E-state index in [1.807, 2.05) is 62.4 Å². The van der Waals surface area contributed by atoms with Crippen LogP contribution in [0.25, 0.3) is 0 Å². The Kier molecular flexibility index (Phi) is 12.0. The highest BCUT2D eigenvalue weighted by Crippen LogP contribution is 2.22. The fourth-order valence-electron chi connectivity index (χ4n) is 3.51. The van der Waals surface area contributed by atoms with Crippen LogP contribution in [0.1, 0.15) is 33.7 Å². The predicted molar refractivity (Wildman–Crippen MR) is 162 cm³/mol. The van der Waals surface area contributed by atoms with E-state index < -0.39 is 0 Å². The lowest BCUT2D eigenvalue weighted by molar-refractivity contribution is -0.119. The van der Waals surface area contributed by atoms with Crippen LogP contribution in [0.3, 0.4) is 0 Å². The number of benzene rings is 2. The minimum absolute atomic E-state index is 0.0892. The van der Waals surface area contributed by atoms with Crippen molar-refractivity contribution in [1.29, 1.82) is 0 Å². The summed E-state index contributed by atoms with van der Waals surface area (Å²) in [5.74, 6) is 1.61. The summed E-state index contributed by atoms with van der Waals surface area (Å²) >= 11 is 4.62. The van der Waals surface area contributed by atoms with Gasteiger partial charge in [0.15, 0.2) is 5.17 Å². The molecule has 0 fully saturated rings. The number of aromatic nitrogens is 2. The van der Waals surface area contributed by atoms with Gasteiger partial charge in [0.05, 0.1) is 12.8 Å². The highest BCUT2D eigenvalue weighted by molar-refractivity contribution is 8.17. The summed E-state index contributed by atoms with van der Waals surface area (Å²) in [6.45, 7) is 8.15. The topological polar surface area (TPSA) is 96.3 Å². The van der Waals surface area contributed by atoms with Crippen LogP contribution in [0.4, 0.5) is 5.13 Å². The van der Waals surface area contributed by atoms with Crippen molar-refractivity contribution in [1.82, 2.24) is 15.5 Å². The lowest BCUT2D eigenvalue weighted by Gasteiger charge is -2.10. The summed E-state index contributed by atoms with van der Waals surface area (Å²) in [6, 6.07) is 15.8. The highest BCUT2D eigenvalue weighted by atomic mass is 32.2. The van der Waals surface area contributed by atoms with Crippen LogP contribution >= 0.6 is 34.9 Å². The molecule has 2 N–H and O–H groups in total. The normalized spacial score (nSPS) is 11.3. The SMILES string of the molecule is C=C(CCSCCc1nnc(NC(=O)Cc2cccc(C)c2)s1)S/C(=N\C)NC(=O)Cc1cccc(C)c1. The number of nitrogens with one attached hydrogen (secondary N) is 2. The predicted octanol–water partition coefficient (Wildman–Crippen LogP) is 5.59. The van der Waals surface area contributed by atoms with Crippen molar-refractivity contribution >= 4 is 57.0 Å². The molecule has 200 valence electrons. The highest BCUT2D eigenvalue weighted by Gasteiger charge is 2.11. The Morgan fingerprint density at radius 3 is 2.26 bits per heavy atom. The first-order valence-corrected chi connectivity index (χ1v) is 15.0. The molecule has 0 atom stereocenters. The third kappa shape index (κ3) is 10.8. The number of thioether (sulfide) groups is 2. The van der Waals surface area contributed by atoms with Crippen LogP contribution in [-0.2, 0) is 28.9 Å². The van der Waals surface area contributed by atoms with Crippen LogP contribution in [0.5, 0.6) is 0 Å². The molecule has 1 aromatic heterocycles. The molecular weight excluding hydrogens is 535 g/mol. The molecule has 0 spiro atoms. The standard InChI is InChI=1S/C28H33N5O2S3/c1-19-7-5-9-22(15-19)17-24(34)30-27(29-4)37-21(3)11-13-36-14-12-26-32-33-28(38-26)31-25(35)18-23-10-6-8-20(2)16-23/h5-10,15-16H,3,11-14,17-18H2,1-2,4H3,(H,29,30,34)(H,31,33,35). The van der Waals surface area contributed by atoms with Gasteiger partial charge < -0.3 is 10.6 Å². The maximum atomic E-state index is 12.4. The van der Waals surface area contributed by atoms with E-state index in [2.05, 4.69) is 32.4 Å². The van der Waals surface area contributed by atoms with Crippen LogP contribution in [0, 0.1) is 13.8 Å². The molecule has 0 aliphatic heterocycles. The number of carbonyl (C=O) groups excluding carboxylic acids is 2. The van der Waals surface area contributed by atoms with E-state index in [4.69, 9.17) is 0 Å². The van der Waals surface area contributed by atoms with Gasteiger partial charge in [-0.15, -0.1) is 10.2 Å². The molecule has 2 amide bonds. The van der Waals surface area contributed by atoms with E-state index in [1.54, 1.807) is 18.8 Å². The van der Waals surface area contributed by atoms with Gasteiger partial charge in [0, 0.05) is 13.5 Å².